The summed E-state index contributed by atoms with van der Waals surface area (Å²) in [6.07, 6.45) is 0.0144. The summed E-state index contributed by atoms with van der Waals surface area (Å²) in [7, 11) is 1.68. The molecular weight excluding hydrogens is 286 g/mol. The molecule has 0 aliphatic carbocycles. The van der Waals surface area contributed by atoms with E-state index in [9.17, 15) is 5.11 Å². The van der Waals surface area contributed by atoms with Gasteiger partial charge >= 0.3 is 0 Å². The molecule has 1 aromatic rings. The van der Waals surface area contributed by atoms with Gasteiger partial charge in [-0.05, 0) is 26.0 Å². The van der Waals surface area contributed by atoms with E-state index in [4.69, 9.17) is 13.9 Å². The Kier molecular flexibility index (Phi) is 5.82. The van der Waals surface area contributed by atoms with Gasteiger partial charge in [0, 0.05) is 13.6 Å². The Labute approximate surface area is 130 Å². The van der Waals surface area contributed by atoms with Gasteiger partial charge in [-0.3, -0.25) is 4.99 Å². The third kappa shape index (κ3) is 4.72. The molecule has 2 unspecified atom stereocenters. The van der Waals surface area contributed by atoms with E-state index >= 15 is 0 Å². The van der Waals surface area contributed by atoms with E-state index in [1.54, 1.807) is 20.0 Å². The SMILES string of the molecule is CN=C(NCC1COCCO1)NCC(C)(O)c1ccc(C)o1. The van der Waals surface area contributed by atoms with Crippen LogP contribution >= 0.6 is 0 Å². The molecule has 0 amide bonds. The molecule has 2 atom stereocenters. The Morgan fingerprint density at radius 3 is 2.82 bits per heavy atom. The number of guanidine groups is 1. The molecule has 1 aromatic heterocycles. The fourth-order valence-electron chi connectivity index (χ4n) is 2.15. The van der Waals surface area contributed by atoms with Crippen LogP contribution < -0.4 is 10.6 Å². The van der Waals surface area contributed by atoms with E-state index in [0.717, 1.165) is 5.76 Å². The molecule has 7 nitrogen and oxygen atoms in total. The molecule has 0 bridgehead atoms. The summed E-state index contributed by atoms with van der Waals surface area (Å²) in [5.41, 5.74) is -1.11. The molecule has 1 aliphatic heterocycles. The number of hydrogen-bond acceptors (Lipinski definition) is 5. The van der Waals surface area contributed by atoms with Gasteiger partial charge in [0.2, 0.25) is 0 Å². The lowest BCUT2D eigenvalue weighted by Crippen LogP contribution is -2.48. The van der Waals surface area contributed by atoms with Gasteiger partial charge in [-0.25, -0.2) is 0 Å². The van der Waals surface area contributed by atoms with Crippen molar-refractivity contribution in [3.8, 4) is 0 Å². The quantitative estimate of drug-likeness (QED) is 0.538. The third-order valence-corrected chi connectivity index (χ3v) is 3.48. The summed E-state index contributed by atoms with van der Waals surface area (Å²) < 4.78 is 16.4. The molecule has 1 saturated heterocycles. The lowest BCUT2D eigenvalue weighted by atomic mass is 10.0. The largest absolute Gasteiger partial charge is 0.463 e. The maximum Gasteiger partial charge on any atom is 0.191 e. The summed E-state index contributed by atoms with van der Waals surface area (Å²) >= 11 is 0. The fourth-order valence-corrected chi connectivity index (χ4v) is 2.15. The zero-order chi connectivity index (χ0) is 16.0. The topological polar surface area (TPSA) is 88.3 Å². The van der Waals surface area contributed by atoms with Gasteiger partial charge in [-0.1, -0.05) is 0 Å². The molecule has 22 heavy (non-hydrogen) atoms. The first kappa shape index (κ1) is 16.8. The Balaban J connectivity index is 1.80. The Hall–Kier alpha value is -1.57. The number of aryl methyl sites for hydroxylation is 1. The van der Waals surface area contributed by atoms with Gasteiger partial charge in [-0.15, -0.1) is 0 Å². The van der Waals surface area contributed by atoms with Crippen molar-refractivity contribution in [2.45, 2.75) is 25.6 Å². The van der Waals surface area contributed by atoms with Crippen LogP contribution in [0.15, 0.2) is 21.5 Å². The van der Waals surface area contributed by atoms with E-state index in [0.29, 0.717) is 38.1 Å². The second kappa shape index (κ2) is 7.62. The maximum atomic E-state index is 10.5. The number of ether oxygens (including phenoxy) is 2. The summed E-state index contributed by atoms with van der Waals surface area (Å²) in [6, 6.07) is 3.61. The van der Waals surface area contributed by atoms with Crippen LogP contribution in [0.25, 0.3) is 0 Å². The first-order chi connectivity index (χ1) is 10.5. The summed E-state index contributed by atoms with van der Waals surface area (Å²) in [4.78, 5) is 4.13. The van der Waals surface area contributed by atoms with Gasteiger partial charge in [-0.2, -0.15) is 0 Å². The van der Waals surface area contributed by atoms with Crippen LogP contribution in [0.5, 0.6) is 0 Å². The van der Waals surface area contributed by atoms with Crippen LogP contribution in [0.2, 0.25) is 0 Å². The Bertz CT molecular complexity index is 493. The summed E-state index contributed by atoms with van der Waals surface area (Å²) in [5, 5.41) is 16.7. The van der Waals surface area contributed by atoms with E-state index in [1.807, 2.05) is 13.0 Å². The molecule has 2 heterocycles. The molecule has 7 heteroatoms. The molecule has 124 valence electrons. The lowest BCUT2D eigenvalue weighted by Gasteiger charge is -2.25. The van der Waals surface area contributed by atoms with Crippen molar-refractivity contribution in [3.63, 3.8) is 0 Å². The normalized spacial score (nSPS) is 22.2. The predicted octanol–water partition coefficient (Wildman–Crippen LogP) is 0.376. The van der Waals surface area contributed by atoms with Gasteiger partial charge in [0.1, 0.15) is 17.1 Å². The minimum atomic E-state index is -1.11. The van der Waals surface area contributed by atoms with Crippen molar-refractivity contribution < 1.29 is 19.0 Å². The Morgan fingerprint density at radius 2 is 2.23 bits per heavy atom. The van der Waals surface area contributed by atoms with Crippen molar-refractivity contribution >= 4 is 5.96 Å². The highest BCUT2D eigenvalue weighted by molar-refractivity contribution is 5.79. The van der Waals surface area contributed by atoms with Crippen molar-refractivity contribution in [1.29, 1.82) is 0 Å². The van der Waals surface area contributed by atoms with Crippen LogP contribution in [-0.4, -0.2) is 57.1 Å². The lowest BCUT2D eigenvalue weighted by molar-refractivity contribution is -0.0850. The number of furan rings is 1. The highest BCUT2D eigenvalue weighted by Gasteiger charge is 2.27. The van der Waals surface area contributed by atoms with Crippen molar-refractivity contribution in [2.75, 3.05) is 40.0 Å². The zero-order valence-corrected chi connectivity index (χ0v) is 13.4. The monoisotopic (exact) mass is 311 g/mol. The molecule has 0 aromatic carbocycles. The minimum absolute atomic E-state index is 0.0144. The molecule has 0 saturated carbocycles. The summed E-state index contributed by atoms with van der Waals surface area (Å²) in [6.45, 7) is 6.26. The van der Waals surface area contributed by atoms with E-state index in [-0.39, 0.29) is 12.6 Å². The molecule has 3 N–H and O–H groups in total. The molecule has 2 rings (SSSR count). The minimum Gasteiger partial charge on any atom is -0.463 e. The number of aliphatic imine (C=N–C) groups is 1. The average Bonchev–Trinajstić information content (AvgIpc) is 2.96. The van der Waals surface area contributed by atoms with Crippen molar-refractivity contribution in [3.05, 3.63) is 23.7 Å². The summed E-state index contributed by atoms with van der Waals surface area (Å²) in [5.74, 6) is 1.89. The first-order valence-electron chi connectivity index (χ1n) is 7.44. The maximum absolute atomic E-state index is 10.5. The smallest absolute Gasteiger partial charge is 0.191 e. The number of nitrogens with one attached hydrogen (secondary N) is 2. The van der Waals surface area contributed by atoms with Crippen LogP contribution in [0.1, 0.15) is 18.4 Å². The standard InChI is InChI=1S/C15H25N3O4/c1-11-4-5-13(22-11)15(2,19)10-18-14(16-3)17-8-12-9-20-6-7-21-12/h4-5,12,19H,6-10H2,1-3H3,(H2,16,17,18). The molecule has 0 spiro atoms. The molecule has 1 fully saturated rings. The van der Waals surface area contributed by atoms with Crippen molar-refractivity contribution in [1.82, 2.24) is 10.6 Å². The fraction of sp³-hybridized carbons (Fsp3) is 0.667. The predicted molar refractivity (Wildman–Crippen MR) is 82.9 cm³/mol. The second-order valence-electron chi connectivity index (χ2n) is 5.56. The van der Waals surface area contributed by atoms with E-state index < -0.39 is 5.60 Å². The van der Waals surface area contributed by atoms with Gasteiger partial charge in [0.15, 0.2) is 5.96 Å². The van der Waals surface area contributed by atoms with Crippen molar-refractivity contribution in [2.24, 2.45) is 4.99 Å². The number of nitrogens with zero attached hydrogens (tertiary/aromatic N) is 1. The zero-order valence-electron chi connectivity index (χ0n) is 13.4. The molecule has 1 aliphatic rings. The highest BCUT2D eigenvalue weighted by Crippen LogP contribution is 2.21. The van der Waals surface area contributed by atoms with Crippen LogP contribution in [-0.2, 0) is 15.1 Å². The number of aliphatic hydroxyl groups is 1. The highest BCUT2D eigenvalue weighted by atomic mass is 16.6. The van der Waals surface area contributed by atoms with Crippen LogP contribution in [0, 0.1) is 6.92 Å². The number of hydrogen-bond donors (Lipinski definition) is 3. The second-order valence-corrected chi connectivity index (χ2v) is 5.56. The average molecular weight is 311 g/mol. The molecule has 0 radical (unpaired) electrons. The van der Waals surface area contributed by atoms with Gasteiger partial charge in [0.25, 0.3) is 0 Å². The Morgan fingerprint density at radius 1 is 1.41 bits per heavy atom. The number of rotatable bonds is 5. The van der Waals surface area contributed by atoms with Gasteiger partial charge in [0.05, 0.1) is 32.5 Å². The first-order valence-corrected chi connectivity index (χ1v) is 7.44. The molecular formula is C15H25N3O4. The van der Waals surface area contributed by atoms with Crippen LogP contribution in [0.4, 0.5) is 0 Å². The van der Waals surface area contributed by atoms with Crippen LogP contribution in [0.3, 0.4) is 0 Å². The van der Waals surface area contributed by atoms with E-state index in [1.165, 1.54) is 0 Å². The van der Waals surface area contributed by atoms with Gasteiger partial charge < -0.3 is 29.6 Å². The third-order valence-electron chi connectivity index (χ3n) is 3.48. The van der Waals surface area contributed by atoms with E-state index in [2.05, 4.69) is 15.6 Å².